The molecule has 0 spiro atoms. The fourth-order valence-corrected chi connectivity index (χ4v) is 1.92. The third-order valence-electron chi connectivity index (χ3n) is 2.58. The van der Waals surface area contributed by atoms with Crippen molar-refractivity contribution in [2.24, 2.45) is 0 Å². The Hall–Kier alpha value is -1.81. The minimum Gasteiger partial charge on any atom is -0.327 e. The fourth-order valence-electron chi connectivity index (χ4n) is 1.66. The zero-order chi connectivity index (χ0) is 12.4. The molecule has 0 aliphatic carbocycles. The lowest BCUT2D eigenvalue weighted by Crippen LogP contribution is -2.25. The van der Waals surface area contributed by atoms with E-state index < -0.39 is 0 Å². The van der Waals surface area contributed by atoms with Gasteiger partial charge in [0.05, 0.1) is 4.92 Å². The lowest BCUT2D eigenvalue weighted by molar-refractivity contribution is -0.385. The van der Waals surface area contributed by atoms with Crippen molar-refractivity contribution in [2.45, 2.75) is 12.4 Å². The number of hydrogen-bond donors (Lipinski definition) is 0. The van der Waals surface area contributed by atoms with Crippen LogP contribution in [0, 0.1) is 17.0 Å². The summed E-state index contributed by atoms with van der Waals surface area (Å²) in [6.45, 7) is 1.71. The lowest BCUT2D eigenvalue weighted by Gasteiger charge is -2.25. The summed E-state index contributed by atoms with van der Waals surface area (Å²) in [6, 6.07) is 5.08. The van der Waals surface area contributed by atoms with Crippen molar-refractivity contribution in [1.29, 1.82) is 0 Å². The van der Waals surface area contributed by atoms with Crippen LogP contribution in [-0.4, -0.2) is 10.4 Å². The van der Waals surface area contributed by atoms with Crippen LogP contribution in [0.5, 0.6) is 0 Å². The Morgan fingerprint density at radius 1 is 1.41 bits per heavy atom. The third kappa shape index (κ3) is 2.31. The molecule has 0 saturated heterocycles. The molecule has 17 heavy (non-hydrogen) atoms. The lowest BCUT2D eigenvalue weighted by atomic mass is 10.1. The molecular formula is C12H11ClN2O2. The summed E-state index contributed by atoms with van der Waals surface area (Å²) in [5, 5.41) is 10.9. The van der Waals surface area contributed by atoms with Gasteiger partial charge in [-0.05, 0) is 25.1 Å². The Labute approximate surface area is 104 Å². The van der Waals surface area contributed by atoms with Crippen LogP contribution in [0.4, 0.5) is 11.4 Å². The second-order valence-electron chi connectivity index (χ2n) is 3.73. The first-order valence-corrected chi connectivity index (χ1v) is 5.55. The molecule has 1 atom stereocenters. The van der Waals surface area contributed by atoms with Crippen molar-refractivity contribution < 1.29 is 4.92 Å². The first kappa shape index (κ1) is 11.7. The van der Waals surface area contributed by atoms with Gasteiger partial charge in [0.15, 0.2) is 0 Å². The molecular weight excluding hydrogens is 240 g/mol. The Balaban J connectivity index is 2.40. The highest BCUT2D eigenvalue weighted by Crippen LogP contribution is 2.28. The van der Waals surface area contributed by atoms with Crippen molar-refractivity contribution in [3.05, 3.63) is 58.3 Å². The Bertz CT molecular complexity index is 511. The SMILES string of the molecule is Cc1ccc(N2C=CC=CC2Cl)cc1[N+](=O)[O-]. The van der Waals surface area contributed by atoms with Crippen LogP contribution >= 0.6 is 11.6 Å². The Kier molecular flexibility index (Phi) is 3.15. The maximum atomic E-state index is 10.9. The molecule has 0 saturated carbocycles. The molecule has 0 radical (unpaired) electrons. The Morgan fingerprint density at radius 3 is 2.82 bits per heavy atom. The minimum absolute atomic E-state index is 0.106. The molecule has 2 rings (SSSR count). The normalized spacial score (nSPS) is 18.5. The summed E-state index contributed by atoms with van der Waals surface area (Å²) in [5.74, 6) is 0. The number of anilines is 1. The van der Waals surface area contributed by atoms with Crippen molar-refractivity contribution in [3.63, 3.8) is 0 Å². The number of alkyl halides is 1. The van der Waals surface area contributed by atoms with E-state index in [0.29, 0.717) is 11.3 Å². The average molecular weight is 251 g/mol. The average Bonchev–Trinajstić information content (AvgIpc) is 2.30. The van der Waals surface area contributed by atoms with Crippen LogP contribution in [0.1, 0.15) is 5.56 Å². The van der Waals surface area contributed by atoms with E-state index >= 15 is 0 Å². The number of rotatable bonds is 2. The van der Waals surface area contributed by atoms with Crippen molar-refractivity contribution in [2.75, 3.05) is 4.90 Å². The Morgan fingerprint density at radius 2 is 2.18 bits per heavy atom. The van der Waals surface area contributed by atoms with E-state index in [4.69, 9.17) is 11.6 Å². The first-order chi connectivity index (χ1) is 8.09. The molecule has 4 nitrogen and oxygen atoms in total. The van der Waals surface area contributed by atoms with Crippen LogP contribution in [-0.2, 0) is 0 Å². The van der Waals surface area contributed by atoms with Gasteiger partial charge in [-0.1, -0.05) is 23.7 Å². The number of halogens is 1. The number of benzene rings is 1. The maximum absolute atomic E-state index is 10.9. The molecule has 0 amide bonds. The molecule has 88 valence electrons. The quantitative estimate of drug-likeness (QED) is 0.350. The number of nitrogens with zero attached hydrogens (tertiary/aromatic N) is 2. The maximum Gasteiger partial charge on any atom is 0.274 e. The van der Waals surface area contributed by atoms with Gasteiger partial charge in [-0.2, -0.15) is 0 Å². The zero-order valence-corrected chi connectivity index (χ0v) is 9.96. The second kappa shape index (κ2) is 4.59. The van der Waals surface area contributed by atoms with Crippen LogP contribution in [0.15, 0.2) is 42.6 Å². The van der Waals surface area contributed by atoms with E-state index in [1.165, 1.54) is 6.07 Å². The fraction of sp³-hybridized carbons (Fsp3) is 0.167. The summed E-state index contributed by atoms with van der Waals surface area (Å²) >= 11 is 6.11. The predicted octanol–water partition coefficient (Wildman–Crippen LogP) is 3.36. The van der Waals surface area contributed by atoms with E-state index in [1.807, 2.05) is 24.3 Å². The minimum atomic E-state index is -0.383. The van der Waals surface area contributed by atoms with E-state index in [1.54, 1.807) is 24.1 Å². The van der Waals surface area contributed by atoms with Crippen LogP contribution in [0.3, 0.4) is 0 Å². The summed E-state index contributed by atoms with van der Waals surface area (Å²) in [6.07, 6.45) is 7.29. The number of nitro groups is 1. The van der Waals surface area contributed by atoms with E-state index in [2.05, 4.69) is 0 Å². The molecule has 0 bridgehead atoms. The highest BCUT2D eigenvalue weighted by Gasteiger charge is 2.17. The molecule has 0 N–H and O–H groups in total. The van der Waals surface area contributed by atoms with Gasteiger partial charge in [-0.25, -0.2) is 0 Å². The molecule has 0 fully saturated rings. The van der Waals surface area contributed by atoms with Gasteiger partial charge in [0, 0.05) is 23.5 Å². The van der Waals surface area contributed by atoms with Gasteiger partial charge in [0.1, 0.15) is 5.50 Å². The molecule has 1 unspecified atom stereocenters. The van der Waals surface area contributed by atoms with Gasteiger partial charge in [0.25, 0.3) is 5.69 Å². The van der Waals surface area contributed by atoms with Gasteiger partial charge >= 0.3 is 0 Å². The number of hydrogen-bond acceptors (Lipinski definition) is 3. The molecule has 1 aromatic carbocycles. The van der Waals surface area contributed by atoms with E-state index in [0.717, 1.165) is 0 Å². The van der Waals surface area contributed by atoms with Gasteiger partial charge in [-0.3, -0.25) is 10.1 Å². The van der Waals surface area contributed by atoms with Crippen LogP contribution < -0.4 is 4.90 Å². The number of aryl methyl sites for hydroxylation is 1. The van der Waals surface area contributed by atoms with Crippen molar-refractivity contribution in [1.82, 2.24) is 0 Å². The molecule has 1 aliphatic heterocycles. The standard InChI is InChI=1S/C12H11ClN2O2/c1-9-5-6-10(8-11(9)15(16)17)14-7-3-2-4-12(14)13/h2-8,12H,1H3. The zero-order valence-electron chi connectivity index (χ0n) is 9.21. The van der Waals surface area contributed by atoms with Crippen molar-refractivity contribution in [3.8, 4) is 0 Å². The monoisotopic (exact) mass is 250 g/mol. The highest BCUT2D eigenvalue weighted by atomic mass is 35.5. The summed E-state index contributed by atoms with van der Waals surface area (Å²) < 4.78 is 0. The largest absolute Gasteiger partial charge is 0.327 e. The van der Waals surface area contributed by atoms with Gasteiger partial charge in [-0.15, -0.1) is 0 Å². The smallest absolute Gasteiger partial charge is 0.274 e. The van der Waals surface area contributed by atoms with E-state index in [-0.39, 0.29) is 16.1 Å². The van der Waals surface area contributed by atoms with E-state index in [9.17, 15) is 10.1 Å². The summed E-state index contributed by atoms with van der Waals surface area (Å²) in [4.78, 5) is 12.2. The second-order valence-corrected chi connectivity index (χ2v) is 4.18. The van der Waals surface area contributed by atoms with Crippen LogP contribution in [0.2, 0.25) is 0 Å². The first-order valence-electron chi connectivity index (χ1n) is 5.12. The number of allylic oxidation sites excluding steroid dienone is 2. The van der Waals surface area contributed by atoms with Gasteiger partial charge < -0.3 is 4.90 Å². The summed E-state index contributed by atoms with van der Waals surface area (Å²) in [5.41, 5.74) is 1.14. The van der Waals surface area contributed by atoms with Crippen molar-refractivity contribution >= 4 is 23.0 Å². The molecule has 5 heteroatoms. The molecule has 1 aliphatic rings. The van der Waals surface area contributed by atoms with Gasteiger partial charge in [0.2, 0.25) is 0 Å². The van der Waals surface area contributed by atoms with Crippen LogP contribution in [0.25, 0.3) is 0 Å². The topological polar surface area (TPSA) is 46.4 Å². The highest BCUT2D eigenvalue weighted by molar-refractivity contribution is 6.23. The molecule has 1 aromatic rings. The summed E-state index contributed by atoms with van der Waals surface area (Å²) in [7, 11) is 0. The predicted molar refractivity (Wildman–Crippen MR) is 68.2 cm³/mol. The molecule has 1 heterocycles. The number of nitro benzene ring substituents is 1. The third-order valence-corrected chi connectivity index (χ3v) is 2.94. The molecule has 0 aromatic heterocycles.